The highest BCUT2D eigenvalue weighted by Crippen LogP contribution is 2.24. The van der Waals surface area contributed by atoms with Crippen LogP contribution >= 0.6 is 0 Å². The van der Waals surface area contributed by atoms with Gasteiger partial charge in [0.25, 0.3) is 0 Å². The van der Waals surface area contributed by atoms with Crippen LogP contribution in [0.4, 0.5) is 4.79 Å². The lowest BCUT2D eigenvalue weighted by atomic mass is 9.86. The summed E-state index contributed by atoms with van der Waals surface area (Å²) < 4.78 is 5.24. The summed E-state index contributed by atoms with van der Waals surface area (Å²) in [6.07, 6.45) is 4.48. The third kappa shape index (κ3) is 7.41. The Morgan fingerprint density at radius 3 is 2.26 bits per heavy atom. The van der Waals surface area contributed by atoms with Crippen LogP contribution in [0.25, 0.3) is 0 Å². The summed E-state index contributed by atoms with van der Waals surface area (Å²) in [6, 6.07) is 1.21. The molecule has 0 saturated heterocycles. The second kappa shape index (κ2) is 7.13. The van der Waals surface area contributed by atoms with Gasteiger partial charge in [0.1, 0.15) is 5.60 Å². The van der Waals surface area contributed by atoms with E-state index in [0.717, 1.165) is 6.54 Å². The van der Waals surface area contributed by atoms with Gasteiger partial charge in [-0.3, -0.25) is 0 Å². The Kier molecular flexibility index (Phi) is 6.11. The fraction of sp³-hybridized carbons (Fsp3) is 0.933. The molecule has 112 valence electrons. The maximum Gasteiger partial charge on any atom is 0.407 e. The van der Waals surface area contributed by atoms with Crippen molar-refractivity contribution in [3.63, 3.8) is 0 Å². The molecule has 0 heterocycles. The summed E-state index contributed by atoms with van der Waals surface area (Å²) in [5.74, 6) is 0.595. The number of ether oxygens (including phenoxy) is 1. The van der Waals surface area contributed by atoms with Crippen molar-refractivity contribution in [3.8, 4) is 0 Å². The van der Waals surface area contributed by atoms with E-state index in [1.165, 1.54) is 25.7 Å². The van der Waals surface area contributed by atoms with Gasteiger partial charge < -0.3 is 15.4 Å². The zero-order valence-corrected chi connectivity index (χ0v) is 13.1. The third-order valence-corrected chi connectivity index (χ3v) is 3.35. The molecule has 1 aliphatic rings. The van der Waals surface area contributed by atoms with E-state index in [-0.39, 0.29) is 6.09 Å². The number of nitrogens with one attached hydrogen (secondary N) is 2. The van der Waals surface area contributed by atoms with E-state index in [2.05, 4.69) is 24.5 Å². The van der Waals surface area contributed by atoms with Crippen LogP contribution in [-0.2, 0) is 4.74 Å². The molecule has 0 aromatic rings. The van der Waals surface area contributed by atoms with Crippen LogP contribution in [0.3, 0.4) is 0 Å². The van der Waals surface area contributed by atoms with Crippen LogP contribution in [0.2, 0.25) is 0 Å². The molecule has 0 aliphatic heterocycles. The summed E-state index contributed by atoms with van der Waals surface area (Å²) >= 11 is 0. The molecule has 4 heteroatoms. The Bertz CT molecular complexity index is 276. The number of carbonyl (C=O) groups is 1. The van der Waals surface area contributed by atoms with Crippen molar-refractivity contribution in [2.24, 2.45) is 5.92 Å². The molecule has 4 nitrogen and oxygen atoms in total. The van der Waals surface area contributed by atoms with Crippen LogP contribution in [0.1, 0.15) is 60.3 Å². The van der Waals surface area contributed by atoms with Crippen LogP contribution in [-0.4, -0.2) is 30.3 Å². The molecule has 0 aromatic carbocycles. The Labute approximate surface area is 117 Å². The van der Waals surface area contributed by atoms with E-state index >= 15 is 0 Å². The van der Waals surface area contributed by atoms with Crippen molar-refractivity contribution in [2.75, 3.05) is 6.54 Å². The fourth-order valence-corrected chi connectivity index (χ4v) is 2.55. The van der Waals surface area contributed by atoms with Gasteiger partial charge >= 0.3 is 6.09 Å². The maximum atomic E-state index is 11.6. The lowest BCUT2D eigenvalue weighted by molar-refractivity contribution is 0.0514. The van der Waals surface area contributed by atoms with Crippen molar-refractivity contribution >= 4 is 6.09 Å². The average molecular weight is 270 g/mol. The first-order valence-corrected chi connectivity index (χ1v) is 7.49. The van der Waals surface area contributed by atoms with Gasteiger partial charge in [-0.15, -0.1) is 0 Å². The highest BCUT2D eigenvalue weighted by atomic mass is 16.6. The van der Waals surface area contributed by atoms with E-state index < -0.39 is 5.60 Å². The molecule has 0 radical (unpaired) electrons. The van der Waals surface area contributed by atoms with Crippen molar-refractivity contribution in [1.82, 2.24) is 10.6 Å². The molecular weight excluding hydrogens is 240 g/mol. The molecule has 1 aliphatic carbocycles. The molecule has 0 bridgehead atoms. The van der Waals surface area contributed by atoms with Crippen LogP contribution in [0, 0.1) is 5.92 Å². The molecule has 1 amide bonds. The molecule has 0 atom stereocenters. The summed E-state index contributed by atoms with van der Waals surface area (Å²) in [7, 11) is 0. The largest absolute Gasteiger partial charge is 0.444 e. The monoisotopic (exact) mass is 270 g/mol. The number of hydrogen-bond donors (Lipinski definition) is 2. The summed E-state index contributed by atoms with van der Waals surface area (Å²) in [5, 5.41) is 6.47. The summed E-state index contributed by atoms with van der Waals surface area (Å²) in [5.41, 5.74) is -0.414. The first-order valence-electron chi connectivity index (χ1n) is 7.49. The quantitative estimate of drug-likeness (QED) is 0.825. The molecule has 0 aromatic heterocycles. The molecular formula is C15H30N2O2. The van der Waals surface area contributed by atoms with E-state index in [0.29, 0.717) is 18.0 Å². The standard InChI is InChI=1S/C15H30N2O2/c1-11(2)17-13-8-6-12(7-9-13)10-16-14(18)19-15(3,4)5/h11-13,17H,6-10H2,1-5H3,(H,16,18). The van der Waals surface area contributed by atoms with Gasteiger partial charge in [0.15, 0.2) is 0 Å². The van der Waals surface area contributed by atoms with Crippen LogP contribution < -0.4 is 10.6 Å². The van der Waals surface area contributed by atoms with Crippen LogP contribution in [0.5, 0.6) is 0 Å². The second-order valence-electron chi connectivity index (χ2n) is 6.92. The molecule has 0 spiro atoms. The van der Waals surface area contributed by atoms with Crippen LogP contribution in [0.15, 0.2) is 0 Å². The number of rotatable bonds is 4. The van der Waals surface area contributed by atoms with Gasteiger partial charge in [-0.1, -0.05) is 13.8 Å². The molecule has 1 rings (SSSR count). The van der Waals surface area contributed by atoms with Crippen molar-refractivity contribution < 1.29 is 9.53 Å². The molecule has 2 N–H and O–H groups in total. The SMILES string of the molecule is CC(C)NC1CCC(CNC(=O)OC(C)(C)C)CC1. The topological polar surface area (TPSA) is 50.4 Å². The fourth-order valence-electron chi connectivity index (χ4n) is 2.55. The van der Waals surface area contributed by atoms with Gasteiger partial charge in [-0.05, 0) is 52.4 Å². The number of alkyl carbamates (subject to hydrolysis) is 1. The maximum absolute atomic E-state index is 11.6. The number of amides is 1. The third-order valence-electron chi connectivity index (χ3n) is 3.35. The Morgan fingerprint density at radius 2 is 1.79 bits per heavy atom. The van der Waals surface area contributed by atoms with Gasteiger partial charge in [-0.25, -0.2) is 4.79 Å². The normalized spacial score (nSPS) is 24.3. The zero-order chi connectivity index (χ0) is 14.5. The highest BCUT2D eigenvalue weighted by Gasteiger charge is 2.22. The van der Waals surface area contributed by atoms with Gasteiger partial charge in [0.2, 0.25) is 0 Å². The summed E-state index contributed by atoms with van der Waals surface area (Å²) in [6.45, 7) is 10.8. The minimum atomic E-state index is -0.414. The summed E-state index contributed by atoms with van der Waals surface area (Å²) in [4.78, 5) is 11.6. The first kappa shape index (κ1) is 16.3. The molecule has 0 unspecified atom stereocenters. The molecule has 1 saturated carbocycles. The van der Waals surface area contributed by atoms with Crippen molar-refractivity contribution in [2.45, 2.75) is 78.0 Å². The average Bonchev–Trinajstić information content (AvgIpc) is 2.25. The number of hydrogen-bond acceptors (Lipinski definition) is 3. The minimum Gasteiger partial charge on any atom is -0.444 e. The van der Waals surface area contributed by atoms with Crippen molar-refractivity contribution in [3.05, 3.63) is 0 Å². The molecule has 19 heavy (non-hydrogen) atoms. The predicted octanol–water partition coefficient (Wildman–Crippen LogP) is 3.07. The lowest BCUT2D eigenvalue weighted by Crippen LogP contribution is -2.40. The smallest absolute Gasteiger partial charge is 0.407 e. The van der Waals surface area contributed by atoms with E-state index in [4.69, 9.17) is 4.74 Å². The van der Waals surface area contributed by atoms with Gasteiger partial charge in [0, 0.05) is 18.6 Å². The first-order chi connectivity index (χ1) is 8.76. The highest BCUT2D eigenvalue weighted by molar-refractivity contribution is 5.67. The Balaban J connectivity index is 2.17. The number of carbonyl (C=O) groups excluding carboxylic acids is 1. The van der Waals surface area contributed by atoms with E-state index in [1.54, 1.807) is 0 Å². The van der Waals surface area contributed by atoms with E-state index in [1.807, 2.05) is 20.8 Å². The Hall–Kier alpha value is -0.770. The van der Waals surface area contributed by atoms with Crippen molar-refractivity contribution in [1.29, 1.82) is 0 Å². The van der Waals surface area contributed by atoms with E-state index in [9.17, 15) is 4.79 Å². The minimum absolute atomic E-state index is 0.296. The molecule has 1 fully saturated rings. The lowest BCUT2D eigenvalue weighted by Gasteiger charge is -2.30. The van der Waals surface area contributed by atoms with Gasteiger partial charge in [-0.2, -0.15) is 0 Å². The Morgan fingerprint density at radius 1 is 1.21 bits per heavy atom. The predicted molar refractivity (Wildman–Crippen MR) is 78.3 cm³/mol. The van der Waals surface area contributed by atoms with Gasteiger partial charge in [0.05, 0.1) is 0 Å². The zero-order valence-electron chi connectivity index (χ0n) is 13.1. The second-order valence-corrected chi connectivity index (χ2v) is 6.92.